The molecule has 25 heavy (non-hydrogen) atoms. The van der Waals surface area contributed by atoms with Crippen molar-refractivity contribution in [2.24, 2.45) is 0 Å². The Hall–Kier alpha value is -2.04. The quantitative estimate of drug-likeness (QED) is 0.619. The van der Waals surface area contributed by atoms with Crippen LogP contribution >= 0.6 is 0 Å². The van der Waals surface area contributed by atoms with Crippen LogP contribution in [0.2, 0.25) is 0 Å². The summed E-state index contributed by atoms with van der Waals surface area (Å²) in [5, 5.41) is 20.9. The topological polar surface area (TPSA) is 123 Å². The summed E-state index contributed by atoms with van der Waals surface area (Å²) in [7, 11) is 0. The highest BCUT2D eigenvalue weighted by atomic mass is 19.1. The molecule has 2 rings (SSSR count). The minimum Gasteiger partial charge on any atom is -0.449 e. The van der Waals surface area contributed by atoms with Crippen LogP contribution in [0.3, 0.4) is 0 Å². The number of ether oxygens (including phenoxy) is 2. The molecule has 0 spiro atoms. The maximum atomic E-state index is 12.9. The second-order valence-corrected chi connectivity index (χ2v) is 5.70. The smallest absolute Gasteiger partial charge is 0.412 e. The summed E-state index contributed by atoms with van der Waals surface area (Å²) in [5.74, 6) is 0.00219. The summed E-state index contributed by atoms with van der Waals surface area (Å²) < 4.78 is 24.0. The minimum atomic E-state index is -2.35. The van der Waals surface area contributed by atoms with Gasteiger partial charge in [0.2, 0.25) is 6.36 Å². The van der Waals surface area contributed by atoms with E-state index in [0.29, 0.717) is 0 Å². The molecule has 0 radical (unpaired) electrons. The number of nitrogens with one attached hydrogen (secondary N) is 1. The summed E-state index contributed by atoms with van der Waals surface area (Å²) in [6.07, 6.45) is -2.76. The van der Waals surface area contributed by atoms with Gasteiger partial charge in [0.25, 0.3) is 0 Å². The molecular weight excluding hydrogens is 337 g/mol. The Labute approximate surface area is 143 Å². The molecule has 0 saturated carbocycles. The molecule has 1 aliphatic rings. The zero-order valence-corrected chi connectivity index (χ0v) is 13.8. The molecule has 1 aromatic rings. The molecule has 1 fully saturated rings. The Morgan fingerprint density at radius 2 is 2.36 bits per heavy atom. The predicted molar refractivity (Wildman–Crippen MR) is 84.6 cm³/mol. The van der Waals surface area contributed by atoms with Crippen LogP contribution in [-0.2, 0) is 9.47 Å². The summed E-state index contributed by atoms with van der Waals surface area (Å²) in [6.45, 7) is 2.31. The first-order valence-electron chi connectivity index (χ1n) is 8.11. The van der Waals surface area contributed by atoms with Crippen molar-refractivity contribution in [3.63, 3.8) is 0 Å². The van der Waals surface area contributed by atoms with Gasteiger partial charge in [-0.05, 0) is 12.5 Å². The summed E-state index contributed by atoms with van der Waals surface area (Å²) in [6, 6.07) is 1.35. The number of hydrogen-bond donors (Lipinski definition) is 3. The van der Waals surface area contributed by atoms with Crippen LogP contribution in [0.25, 0.3) is 0 Å². The Morgan fingerprint density at radius 1 is 1.60 bits per heavy atom. The van der Waals surface area contributed by atoms with Gasteiger partial charge in [0, 0.05) is 12.6 Å². The lowest BCUT2D eigenvalue weighted by Crippen LogP contribution is -2.32. The molecule has 1 aliphatic heterocycles. The molecule has 0 bridgehead atoms. The number of hydrogen-bond acceptors (Lipinski definition) is 7. The molecule has 10 heteroatoms. The molecule has 4 atom stereocenters. The number of carbonyl (C=O) groups is 1. The second-order valence-electron chi connectivity index (χ2n) is 5.70. The van der Waals surface area contributed by atoms with Crippen molar-refractivity contribution in [3.8, 4) is 0 Å². The molecule has 2 heterocycles. The van der Waals surface area contributed by atoms with Gasteiger partial charge in [0.1, 0.15) is 18.1 Å². The Balaban J connectivity index is 1.95. The molecule has 1 amide bonds. The third-order valence-corrected chi connectivity index (χ3v) is 3.76. The molecule has 140 valence electrons. The molecule has 1 saturated heterocycles. The molecule has 0 aromatic carbocycles. The first-order chi connectivity index (χ1) is 11.9. The van der Waals surface area contributed by atoms with Gasteiger partial charge in [-0.25, -0.2) is 14.0 Å². The number of anilines is 1. The molecule has 1 aromatic heterocycles. The largest absolute Gasteiger partial charge is 0.449 e. The molecule has 9 nitrogen and oxygen atoms in total. The van der Waals surface area contributed by atoms with Crippen molar-refractivity contribution in [1.29, 1.82) is 0 Å². The van der Waals surface area contributed by atoms with Crippen LogP contribution in [0.1, 0.15) is 38.8 Å². The fourth-order valence-corrected chi connectivity index (χ4v) is 2.45. The maximum Gasteiger partial charge on any atom is 0.412 e. The number of aliphatic hydroxyl groups excluding tert-OH is 2. The van der Waals surface area contributed by atoms with E-state index in [2.05, 4.69) is 10.3 Å². The van der Waals surface area contributed by atoms with Gasteiger partial charge in [-0.2, -0.15) is 4.98 Å². The van der Waals surface area contributed by atoms with Gasteiger partial charge in [0.05, 0.1) is 12.7 Å². The summed E-state index contributed by atoms with van der Waals surface area (Å²) in [4.78, 5) is 27.3. The number of amides is 1. The van der Waals surface area contributed by atoms with Crippen molar-refractivity contribution in [2.75, 3.05) is 11.9 Å². The van der Waals surface area contributed by atoms with E-state index in [0.717, 1.165) is 23.8 Å². The Bertz CT molecular complexity index is 638. The number of unbranched alkanes of at least 4 members (excludes halogenated alkanes) is 2. The highest BCUT2D eigenvalue weighted by Gasteiger charge is 2.40. The van der Waals surface area contributed by atoms with E-state index in [-0.39, 0.29) is 18.8 Å². The van der Waals surface area contributed by atoms with Crippen LogP contribution in [0, 0.1) is 0 Å². The molecule has 0 unspecified atom stereocenters. The number of halogens is 1. The van der Waals surface area contributed by atoms with Crippen molar-refractivity contribution < 1.29 is 28.9 Å². The number of rotatable bonds is 7. The SMILES string of the molecule is CCCCCOC(=O)Nc1ccn([C@H]2C[C@H](O)[C@@H]([C@H](O)F)O2)c(=O)n1. The molecular formula is C15H22FN3O6. The first kappa shape index (κ1) is 19.3. The van der Waals surface area contributed by atoms with E-state index >= 15 is 0 Å². The molecule has 0 aliphatic carbocycles. The standard InChI is InChI=1S/C15H22FN3O6/c1-2-3-4-7-24-15(23)18-10-5-6-19(14(22)17-10)11-8-9(20)12(25-11)13(16)21/h5-6,9,11-13,20-21H,2-4,7-8H2,1H3,(H,17,18,22,23)/t9-,11+,12-,13-/m0/s1. The van der Waals surface area contributed by atoms with Crippen molar-refractivity contribution in [1.82, 2.24) is 9.55 Å². The monoisotopic (exact) mass is 359 g/mol. The highest BCUT2D eigenvalue weighted by Crippen LogP contribution is 2.29. The van der Waals surface area contributed by atoms with Gasteiger partial charge < -0.3 is 19.7 Å². The Morgan fingerprint density at radius 3 is 2.96 bits per heavy atom. The number of carbonyl (C=O) groups excluding carboxylic acids is 1. The lowest BCUT2D eigenvalue weighted by atomic mass is 10.2. The lowest BCUT2D eigenvalue weighted by molar-refractivity contribution is -0.130. The van der Waals surface area contributed by atoms with E-state index in [1.54, 1.807) is 0 Å². The predicted octanol–water partition coefficient (Wildman–Crippen LogP) is 0.918. The second kappa shape index (κ2) is 8.88. The van der Waals surface area contributed by atoms with Crippen molar-refractivity contribution in [3.05, 3.63) is 22.7 Å². The van der Waals surface area contributed by atoms with E-state index in [1.165, 1.54) is 12.3 Å². The van der Waals surface area contributed by atoms with Gasteiger partial charge in [-0.1, -0.05) is 19.8 Å². The van der Waals surface area contributed by atoms with Crippen LogP contribution in [0.5, 0.6) is 0 Å². The zero-order valence-electron chi connectivity index (χ0n) is 13.8. The highest BCUT2D eigenvalue weighted by molar-refractivity contribution is 5.83. The van der Waals surface area contributed by atoms with E-state index < -0.39 is 36.6 Å². The van der Waals surface area contributed by atoms with Crippen molar-refractivity contribution >= 4 is 11.9 Å². The van der Waals surface area contributed by atoms with Gasteiger partial charge >= 0.3 is 11.8 Å². The number of aliphatic hydroxyl groups is 2. The van der Waals surface area contributed by atoms with Crippen LogP contribution in [0.15, 0.2) is 17.1 Å². The van der Waals surface area contributed by atoms with Crippen LogP contribution in [-0.4, -0.2) is 51.0 Å². The van der Waals surface area contributed by atoms with Gasteiger partial charge in [0.15, 0.2) is 0 Å². The Kier molecular flexibility index (Phi) is 6.85. The maximum absolute atomic E-state index is 12.9. The van der Waals surface area contributed by atoms with Crippen LogP contribution in [0.4, 0.5) is 15.0 Å². The fraction of sp³-hybridized carbons (Fsp3) is 0.667. The third-order valence-electron chi connectivity index (χ3n) is 3.76. The van der Waals surface area contributed by atoms with E-state index in [1.807, 2.05) is 6.92 Å². The van der Waals surface area contributed by atoms with Gasteiger partial charge in [-0.15, -0.1) is 0 Å². The van der Waals surface area contributed by atoms with E-state index in [9.17, 15) is 19.1 Å². The van der Waals surface area contributed by atoms with E-state index in [4.69, 9.17) is 14.6 Å². The molecule has 3 N–H and O–H groups in total. The average Bonchev–Trinajstić information content (AvgIpc) is 2.93. The fourth-order valence-electron chi connectivity index (χ4n) is 2.45. The zero-order chi connectivity index (χ0) is 18.4. The normalized spacial score (nSPS) is 24.1. The first-order valence-corrected chi connectivity index (χ1v) is 8.11. The number of alkyl halides is 1. The van der Waals surface area contributed by atoms with Gasteiger partial charge in [-0.3, -0.25) is 9.88 Å². The lowest BCUT2D eigenvalue weighted by Gasteiger charge is -2.16. The number of aromatic nitrogens is 2. The third kappa shape index (κ3) is 5.21. The minimum absolute atomic E-state index is 0.00219. The van der Waals surface area contributed by atoms with Crippen LogP contribution < -0.4 is 11.0 Å². The summed E-state index contributed by atoms with van der Waals surface area (Å²) >= 11 is 0. The average molecular weight is 359 g/mol. The van der Waals surface area contributed by atoms with Crippen molar-refractivity contribution in [2.45, 2.75) is 57.4 Å². The summed E-state index contributed by atoms with van der Waals surface area (Å²) in [5.41, 5.74) is -0.755. The number of nitrogens with zero attached hydrogens (tertiary/aromatic N) is 2.